The molecule has 1 aliphatic rings. The van der Waals surface area contributed by atoms with Gasteiger partial charge in [-0.25, -0.2) is 9.97 Å². The van der Waals surface area contributed by atoms with Gasteiger partial charge in [-0.15, -0.1) is 0 Å². The van der Waals surface area contributed by atoms with Crippen LogP contribution in [0.5, 0.6) is 5.88 Å². The monoisotopic (exact) mass is 686 g/mol. The van der Waals surface area contributed by atoms with Crippen molar-refractivity contribution >= 4 is 34.8 Å². The molecule has 2 aromatic carbocycles. The van der Waals surface area contributed by atoms with E-state index in [2.05, 4.69) is 16.0 Å². The number of ether oxygens (including phenoxy) is 1. The number of carbonyl (C=O) groups is 1. The Morgan fingerprint density at radius 3 is 2.40 bits per heavy atom. The summed E-state index contributed by atoms with van der Waals surface area (Å²) in [6, 6.07) is 19.2. The molecule has 1 aliphatic heterocycles. The lowest BCUT2D eigenvalue weighted by atomic mass is 9.97. The van der Waals surface area contributed by atoms with Crippen LogP contribution in [0.1, 0.15) is 29.7 Å². The Hall–Kier alpha value is -4.32. The summed E-state index contributed by atoms with van der Waals surface area (Å²) in [5.74, 6) is 0.582. The third kappa shape index (κ3) is 6.94. The molecule has 0 radical (unpaired) electrons. The van der Waals surface area contributed by atoms with Crippen molar-refractivity contribution in [1.29, 1.82) is 0 Å². The molecular weight excluding hydrogens is 651 g/mol. The molecule has 5 aromatic rings. The molecule has 4 heterocycles. The van der Waals surface area contributed by atoms with Crippen LogP contribution in [0.4, 0.5) is 0 Å². The molecule has 1 atom stereocenters. The zero-order valence-corrected chi connectivity index (χ0v) is 28.2. The van der Waals surface area contributed by atoms with Crippen LogP contribution in [0, 0.1) is 6.92 Å². The number of hydrogen-bond donors (Lipinski definition) is 4. The van der Waals surface area contributed by atoms with E-state index in [4.69, 9.17) is 43.0 Å². The van der Waals surface area contributed by atoms with Crippen molar-refractivity contribution in [3.05, 3.63) is 104 Å². The number of aliphatic hydroxyl groups excluding tert-OH is 1. The second kappa shape index (κ2) is 14.8. The number of methoxy groups -OCH3 is 1. The SMILES string of the molecule is COc1nc(-c2cccc(-c3cccc(-c4ccn5c(=O)c(C)c(CNCCO)nc5c4)c3Cl)c2Cl)ccc1CNC[C@@H]1CCC(=O)N1. The van der Waals surface area contributed by atoms with Crippen LogP contribution < -0.4 is 26.2 Å². The predicted octanol–water partition coefficient (Wildman–Crippen LogP) is 5.16. The highest BCUT2D eigenvalue weighted by Crippen LogP contribution is 2.42. The molecule has 0 spiro atoms. The molecule has 0 aliphatic carbocycles. The number of amides is 1. The van der Waals surface area contributed by atoms with Gasteiger partial charge < -0.3 is 25.8 Å². The zero-order chi connectivity index (χ0) is 33.8. The van der Waals surface area contributed by atoms with Gasteiger partial charge in [0.15, 0.2) is 0 Å². The Balaban J connectivity index is 1.29. The maximum absolute atomic E-state index is 13.1. The number of nitrogens with zero attached hydrogens (tertiary/aromatic N) is 3. The number of rotatable bonds is 12. The van der Waals surface area contributed by atoms with Crippen molar-refractivity contribution in [1.82, 2.24) is 30.3 Å². The van der Waals surface area contributed by atoms with Gasteiger partial charge in [-0.1, -0.05) is 65.7 Å². The van der Waals surface area contributed by atoms with Crippen LogP contribution in [0.2, 0.25) is 10.0 Å². The standard InChI is InChI=1S/C36H36Cl2N6O4/c1-21-30(20-39-14-16-45)42-31-17-22(13-15-44(31)36(21)47)25-5-3-6-26(33(25)37)27-7-4-8-28(34(27)38)29-11-9-23(35(43-29)48-2)18-40-19-24-10-12-32(46)41-24/h3-9,11,13,15,17,24,39-40,45H,10,12,14,16,18-20H2,1-2H3,(H,41,46)/t24-/m0/s1. The van der Waals surface area contributed by atoms with E-state index in [0.717, 1.165) is 39.8 Å². The Morgan fingerprint density at radius 1 is 0.958 bits per heavy atom. The lowest BCUT2D eigenvalue weighted by Gasteiger charge is -2.16. The Bertz CT molecular complexity index is 2050. The van der Waals surface area contributed by atoms with Crippen molar-refractivity contribution in [2.24, 2.45) is 0 Å². The second-order valence-corrected chi connectivity index (χ2v) is 12.4. The van der Waals surface area contributed by atoms with Crippen LogP contribution >= 0.6 is 23.2 Å². The minimum absolute atomic E-state index is 0.00365. The maximum Gasteiger partial charge on any atom is 0.261 e. The molecule has 4 N–H and O–H groups in total. The van der Waals surface area contributed by atoms with Gasteiger partial charge in [0.2, 0.25) is 11.8 Å². The van der Waals surface area contributed by atoms with E-state index < -0.39 is 0 Å². The summed E-state index contributed by atoms with van der Waals surface area (Å²) in [7, 11) is 1.59. The topological polar surface area (TPSA) is 130 Å². The molecule has 1 amide bonds. The molecule has 1 fully saturated rings. The van der Waals surface area contributed by atoms with Crippen LogP contribution in [0.25, 0.3) is 39.2 Å². The number of hydrogen-bond acceptors (Lipinski definition) is 8. The fourth-order valence-electron chi connectivity index (χ4n) is 5.94. The zero-order valence-electron chi connectivity index (χ0n) is 26.6. The number of aromatic nitrogens is 3. The van der Waals surface area contributed by atoms with Gasteiger partial charge in [-0.05, 0) is 37.1 Å². The van der Waals surface area contributed by atoms with Gasteiger partial charge in [0.25, 0.3) is 5.56 Å². The van der Waals surface area contributed by atoms with Crippen molar-refractivity contribution in [2.45, 2.75) is 38.9 Å². The average Bonchev–Trinajstić information content (AvgIpc) is 3.52. The Kier molecular flexibility index (Phi) is 10.4. The molecule has 12 heteroatoms. The predicted molar refractivity (Wildman–Crippen MR) is 189 cm³/mol. The third-order valence-corrected chi connectivity index (χ3v) is 9.35. The van der Waals surface area contributed by atoms with Crippen LogP contribution in [0.3, 0.4) is 0 Å². The van der Waals surface area contributed by atoms with E-state index in [9.17, 15) is 9.59 Å². The van der Waals surface area contributed by atoms with Crippen molar-refractivity contribution in [3.8, 4) is 39.4 Å². The summed E-state index contributed by atoms with van der Waals surface area (Å²) in [6.45, 7) is 3.73. The highest BCUT2D eigenvalue weighted by molar-refractivity contribution is 6.39. The molecule has 10 nitrogen and oxygen atoms in total. The molecule has 0 unspecified atom stereocenters. The first kappa shape index (κ1) is 33.6. The normalized spacial score (nSPS) is 14.4. The minimum Gasteiger partial charge on any atom is -0.481 e. The van der Waals surface area contributed by atoms with Crippen LogP contribution in [-0.2, 0) is 17.9 Å². The summed E-state index contributed by atoms with van der Waals surface area (Å²) < 4.78 is 7.15. The Morgan fingerprint density at radius 2 is 1.69 bits per heavy atom. The van der Waals surface area contributed by atoms with E-state index in [-0.39, 0.29) is 24.1 Å². The first-order valence-electron chi connectivity index (χ1n) is 15.7. The summed E-state index contributed by atoms with van der Waals surface area (Å²) in [5, 5.41) is 19.6. The van der Waals surface area contributed by atoms with Crippen molar-refractivity contribution in [2.75, 3.05) is 26.8 Å². The van der Waals surface area contributed by atoms with E-state index in [1.807, 2.05) is 60.7 Å². The largest absolute Gasteiger partial charge is 0.481 e. The summed E-state index contributed by atoms with van der Waals surface area (Å²) >= 11 is 14.2. The van der Waals surface area contributed by atoms with E-state index >= 15 is 0 Å². The van der Waals surface area contributed by atoms with Crippen molar-refractivity contribution in [3.63, 3.8) is 0 Å². The second-order valence-electron chi connectivity index (χ2n) is 11.7. The van der Waals surface area contributed by atoms with E-state index in [0.29, 0.717) is 71.1 Å². The number of aliphatic hydroxyl groups is 1. The van der Waals surface area contributed by atoms with E-state index in [1.165, 1.54) is 4.40 Å². The molecular formula is C36H36Cl2N6O4. The third-order valence-electron chi connectivity index (χ3n) is 8.54. The molecule has 0 saturated carbocycles. The molecule has 248 valence electrons. The number of pyridine rings is 2. The summed E-state index contributed by atoms with van der Waals surface area (Å²) in [4.78, 5) is 34.1. The fourth-order valence-corrected chi connectivity index (χ4v) is 6.60. The highest BCUT2D eigenvalue weighted by atomic mass is 35.5. The number of halogens is 2. The van der Waals surface area contributed by atoms with E-state index in [1.54, 1.807) is 20.2 Å². The molecule has 0 bridgehead atoms. The number of benzene rings is 2. The van der Waals surface area contributed by atoms with Crippen molar-refractivity contribution < 1.29 is 14.6 Å². The van der Waals surface area contributed by atoms with Gasteiger partial charge in [-0.2, -0.15) is 0 Å². The van der Waals surface area contributed by atoms with Gasteiger partial charge in [0, 0.05) is 78.2 Å². The molecule has 1 saturated heterocycles. The average molecular weight is 688 g/mol. The minimum atomic E-state index is -0.149. The molecule has 3 aromatic heterocycles. The Labute approximate surface area is 288 Å². The van der Waals surface area contributed by atoms with Gasteiger partial charge in [0.1, 0.15) is 5.65 Å². The fraction of sp³-hybridized carbons (Fsp3) is 0.278. The molecule has 48 heavy (non-hydrogen) atoms. The van der Waals surface area contributed by atoms with Gasteiger partial charge >= 0.3 is 0 Å². The molecule has 6 rings (SSSR count). The van der Waals surface area contributed by atoms with Crippen LogP contribution in [-0.4, -0.2) is 58.2 Å². The maximum atomic E-state index is 13.1. The number of carbonyl (C=O) groups excluding carboxylic acids is 1. The smallest absolute Gasteiger partial charge is 0.261 e. The number of fused-ring (bicyclic) bond motifs is 1. The van der Waals surface area contributed by atoms with Crippen LogP contribution in [0.15, 0.2) is 71.7 Å². The highest BCUT2D eigenvalue weighted by Gasteiger charge is 2.21. The summed E-state index contributed by atoms with van der Waals surface area (Å²) in [5.41, 5.74) is 6.86. The summed E-state index contributed by atoms with van der Waals surface area (Å²) in [6.07, 6.45) is 3.10. The lowest BCUT2D eigenvalue weighted by molar-refractivity contribution is -0.119. The quantitative estimate of drug-likeness (QED) is 0.132. The van der Waals surface area contributed by atoms with Gasteiger partial charge in [0.05, 0.1) is 35.1 Å². The number of nitrogens with one attached hydrogen (secondary N) is 3. The van der Waals surface area contributed by atoms with Gasteiger partial charge in [-0.3, -0.25) is 14.0 Å². The first-order valence-corrected chi connectivity index (χ1v) is 16.5. The lowest BCUT2D eigenvalue weighted by Crippen LogP contribution is -2.35. The first-order chi connectivity index (χ1) is 23.3.